The third-order valence-corrected chi connectivity index (χ3v) is 3.13. The Bertz CT molecular complexity index is 473. The summed E-state index contributed by atoms with van der Waals surface area (Å²) in [4.78, 5) is 25.0. The molecular formula is C14H15F2NO2. The van der Waals surface area contributed by atoms with E-state index in [2.05, 4.69) is 0 Å². The van der Waals surface area contributed by atoms with Gasteiger partial charge in [0.05, 0.1) is 11.1 Å². The van der Waals surface area contributed by atoms with Crippen molar-refractivity contribution in [2.75, 3.05) is 6.54 Å². The quantitative estimate of drug-likeness (QED) is 0.607. The van der Waals surface area contributed by atoms with Gasteiger partial charge in [0.2, 0.25) is 5.92 Å². The first-order valence-electron chi connectivity index (χ1n) is 6.23. The highest BCUT2D eigenvalue weighted by Gasteiger charge is 2.34. The van der Waals surface area contributed by atoms with E-state index in [1.165, 1.54) is 0 Å². The molecule has 102 valence electrons. The summed E-state index contributed by atoms with van der Waals surface area (Å²) in [5.74, 6) is -3.35. The van der Waals surface area contributed by atoms with Gasteiger partial charge in [-0.2, -0.15) is 0 Å². The van der Waals surface area contributed by atoms with E-state index in [9.17, 15) is 18.4 Å². The molecule has 0 unspecified atom stereocenters. The second-order valence-corrected chi connectivity index (χ2v) is 4.83. The topological polar surface area (TPSA) is 37.4 Å². The van der Waals surface area contributed by atoms with Crippen molar-refractivity contribution in [2.24, 2.45) is 0 Å². The average Bonchev–Trinajstić information content (AvgIpc) is 2.58. The number of nitrogens with zero attached hydrogens (tertiary/aromatic N) is 1. The Hall–Kier alpha value is -1.78. The predicted octanol–water partition coefficient (Wildman–Crippen LogP) is 3.11. The van der Waals surface area contributed by atoms with Crippen molar-refractivity contribution in [3.8, 4) is 0 Å². The molecule has 0 saturated heterocycles. The molecule has 1 aromatic carbocycles. The molecule has 0 aromatic heterocycles. The second-order valence-electron chi connectivity index (χ2n) is 4.83. The fourth-order valence-corrected chi connectivity index (χ4v) is 2.15. The van der Waals surface area contributed by atoms with Crippen LogP contribution in [0.1, 0.15) is 46.9 Å². The highest BCUT2D eigenvalue weighted by Crippen LogP contribution is 2.24. The van der Waals surface area contributed by atoms with Gasteiger partial charge in [0, 0.05) is 13.0 Å². The second kappa shape index (κ2) is 5.07. The molecule has 1 aliphatic heterocycles. The van der Waals surface area contributed by atoms with Crippen LogP contribution in [-0.4, -0.2) is 29.2 Å². The van der Waals surface area contributed by atoms with Gasteiger partial charge in [-0.3, -0.25) is 14.5 Å². The van der Waals surface area contributed by atoms with Crippen LogP contribution in [0.2, 0.25) is 0 Å². The Kier molecular flexibility index (Phi) is 3.64. The van der Waals surface area contributed by atoms with Crippen LogP contribution in [0.25, 0.3) is 0 Å². The Morgan fingerprint density at radius 3 is 2.05 bits per heavy atom. The number of fused-ring (bicyclic) bond motifs is 1. The van der Waals surface area contributed by atoms with E-state index in [1.54, 1.807) is 24.3 Å². The zero-order valence-corrected chi connectivity index (χ0v) is 10.7. The van der Waals surface area contributed by atoms with E-state index in [4.69, 9.17) is 0 Å². The van der Waals surface area contributed by atoms with Crippen molar-refractivity contribution in [2.45, 2.75) is 32.1 Å². The van der Waals surface area contributed by atoms with Gasteiger partial charge in [-0.15, -0.1) is 0 Å². The van der Waals surface area contributed by atoms with Gasteiger partial charge in [0.1, 0.15) is 0 Å². The summed E-state index contributed by atoms with van der Waals surface area (Å²) in [5, 5.41) is 0. The van der Waals surface area contributed by atoms with Crippen LogP contribution < -0.4 is 0 Å². The number of hydrogen-bond acceptors (Lipinski definition) is 2. The maximum absolute atomic E-state index is 12.6. The van der Waals surface area contributed by atoms with Crippen LogP contribution in [0.3, 0.4) is 0 Å². The lowest BCUT2D eigenvalue weighted by Gasteiger charge is -2.14. The zero-order valence-electron chi connectivity index (χ0n) is 10.7. The number of benzene rings is 1. The standard InChI is InChI=1S/C14H15F2NO2/c1-14(15,16)8-4-5-9-17-12(18)10-6-2-3-7-11(10)13(17)19/h2-3,6-7H,4-5,8-9H2,1H3. The molecule has 0 radical (unpaired) electrons. The Balaban J connectivity index is 1.94. The third kappa shape index (κ3) is 2.97. The summed E-state index contributed by atoms with van der Waals surface area (Å²) >= 11 is 0. The van der Waals surface area contributed by atoms with E-state index >= 15 is 0 Å². The Morgan fingerprint density at radius 2 is 1.58 bits per heavy atom. The Morgan fingerprint density at radius 1 is 1.05 bits per heavy atom. The lowest BCUT2D eigenvalue weighted by molar-refractivity contribution is 0.0101. The van der Waals surface area contributed by atoms with Crippen molar-refractivity contribution >= 4 is 11.8 Å². The highest BCUT2D eigenvalue weighted by molar-refractivity contribution is 6.21. The molecular weight excluding hydrogens is 252 g/mol. The average molecular weight is 267 g/mol. The SMILES string of the molecule is CC(F)(F)CCCCN1C(=O)c2ccccc2C1=O. The minimum absolute atomic E-state index is 0.197. The first kappa shape index (κ1) is 13.6. The molecule has 2 rings (SSSR count). The molecule has 3 nitrogen and oxygen atoms in total. The van der Waals surface area contributed by atoms with Gasteiger partial charge in [-0.1, -0.05) is 12.1 Å². The van der Waals surface area contributed by atoms with Crippen LogP contribution in [-0.2, 0) is 0 Å². The smallest absolute Gasteiger partial charge is 0.261 e. The molecule has 0 bridgehead atoms. The van der Waals surface area contributed by atoms with Crippen LogP contribution in [0.5, 0.6) is 0 Å². The number of imide groups is 1. The van der Waals surface area contributed by atoms with Gasteiger partial charge in [0.25, 0.3) is 11.8 Å². The molecule has 0 saturated carbocycles. The summed E-state index contributed by atoms with van der Waals surface area (Å²) in [6, 6.07) is 6.61. The van der Waals surface area contributed by atoms with Crippen LogP contribution >= 0.6 is 0 Å². The molecule has 0 spiro atoms. The molecule has 1 aromatic rings. The first-order chi connectivity index (χ1) is 8.90. The van der Waals surface area contributed by atoms with Crippen molar-refractivity contribution in [3.05, 3.63) is 35.4 Å². The van der Waals surface area contributed by atoms with E-state index < -0.39 is 5.92 Å². The van der Waals surface area contributed by atoms with Crippen molar-refractivity contribution in [1.29, 1.82) is 0 Å². The molecule has 2 amide bonds. The normalized spacial score (nSPS) is 15.0. The minimum atomic E-state index is -2.69. The number of alkyl halides is 2. The van der Waals surface area contributed by atoms with Crippen molar-refractivity contribution in [1.82, 2.24) is 4.90 Å². The van der Waals surface area contributed by atoms with Gasteiger partial charge in [0.15, 0.2) is 0 Å². The number of unbranched alkanes of at least 4 members (excludes halogenated alkanes) is 1. The monoisotopic (exact) mass is 267 g/mol. The summed E-state index contributed by atoms with van der Waals surface area (Å²) in [6.07, 6.45) is 0.460. The number of carbonyl (C=O) groups is 2. The molecule has 0 aliphatic carbocycles. The summed E-state index contributed by atoms with van der Waals surface area (Å²) in [7, 11) is 0. The molecule has 0 fully saturated rings. The molecule has 19 heavy (non-hydrogen) atoms. The van der Waals surface area contributed by atoms with Gasteiger partial charge in [-0.05, 0) is 31.9 Å². The van der Waals surface area contributed by atoms with E-state index in [-0.39, 0.29) is 31.2 Å². The number of carbonyl (C=O) groups excluding carboxylic acids is 2. The summed E-state index contributed by atoms with van der Waals surface area (Å²) in [5.41, 5.74) is 0.793. The number of halogens is 2. The zero-order chi connectivity index (χ0) is 14.0. The number of amides is 2. The predicted molar refractivity (Wildman–Crippen MR) is 66.3 cm³/mol. The van der Waals surface area contributed by atoms with Gasteiger partial charge < -0.3 is 0 Å². The summed E-state index contributed by atoms with van der Waals surface area (Å²) in [6.45, 7) is 1.07. The minimum Gasteiger partial charge on any atom is -0.274 e. The van der Waals surface area contributed by atoms with Gasteiger partial charge in [-0.25, -0.2) is 8.78 Å². The fourth-order valence-electron chi connectivity index (χ4n) is 2.15. The summed E-state index contributed by atoms with van der Waals surface area (Å²) < 4.78 is 25.3. The lowest BCUT2D eigenvalue weighted by atomic mass is 10.1. The number of rotatable bonds is 5. The molecule has 0 N–H and O–H groups in total. The molecule has 5 heteroatoms. The van der Waals surface area contributed by atoms with Gasteiger partial charge >= 0.3 is 0 Å². The Labute approximate surface area is 110 Å². The highest BCUT2D eigenvalue weighted by atomic mass is 19.3. The maximum Gasteiger partial charge on any atom is 0.261 e. The number of hydrogen-bond donors (Lipinski definition) is 0. The van der Waals surface area contributed by atoms with E-state index in [1.807, 2.05) is 0 Å². The van der Waals surface area contributed by atoms with Crippen LogP contribution in [0.4, 0.5) is 8.78 Å². The van der Waals surface area contributed by atoms with E-state index in [0.29, 0.717) is 17.5 Å². The lowest BCUT2D eigenvalue weighted by Crippen LogP contribution is -2.30. The van der Waals surface area contributed by atoms with Crippen LogP contribution in [0.15, 0.2) is 24.3 Å². The van der Waals surface area contributed by atoms with Crippen molar-refractivity contribution < 1.29 is 18.4 Å². The van der Waals surface area contributed by atoms with E-state index in [0.717, 1.165) is 11.8 Å². The fraction of sp³-hybridized carbons (Fsp3) is 0.429. The maximum atomic E-state index is 12.6. The molecule has 0 atom stereocenters. The first-order valence-corrected chi connectivity index (χ1v) is 6.23. The van der Waals surface area contributed by atoms with Crippen LogP contribution in [0, 0.1) is 0 Å². The molecule has 1 heterocycles. The molecule has 1 aliphatic rings. The van der Waals surface area contributed by atoms with Crippen molar-refractivity contribution in [3.63, 3.8) is 0 Å². The third-order valence-electron chi connectivity index (χ3n) is 3.13. The largest absolute Gasteiger partial charge is 0.274 e.